The van der Waals surface area contributed by atoms with Crippen molar-refractivity contribution in [2.24, 2.45) is 0 Å². The molecule has 2 rings (SSSR count). The van der Waals surface area contributed by atoms with Crippen LogP contribution >= 0.6 is 0 Å². The lowest BCUT2D eigenvalue weighted by atomic mass is 10.1. The Balaban J connectivity index is 1.78. The number of carbonyl (C=O) groups is 2. The second-order valence-corrected chi connectivity index (χ2v) is 4.17. The number of likely N-dealkylation sites (tertiary alicyclic amines) is 2. The molecule has 0 saturated carbocycles. The van der Waals surface area contributed by atoms with Crippen LogP contribution in [0.2, 0.25) is 0 Å². The molecule has 5 heteroatoms. The second-order valence-electron chi connectivity index (χ2n) is 4.17. The first-order chi connectivity index (χ1) is 7.22. The van der Waals surface area contributed by atoms with E-state index in [0.29, 0.717) is 26.1 Å². The van der Waals surface area contributed by atoms with Crippen LogP contribution in [0, 0.1) is 0 Å². The highest BCUT2D eigenvalue weighted by molar-refractivity contribution is 5.81. The molecule has 0 aromatic carbocycles. The lowest BCUT2D eigenvalue weighted by molar-refractivity contribution is -0.143. The summed E-state index contributed by atoms with van der Waals surface area (Å²) in [7, 11) is 1.76. The van der Waals surface area contributed by atoms with Crippen LogP contribution in [0.15, 0.2) is 0 Å². The largest absolute Gasteiger partial charge is 0.337 e. The van der Waals surface area contributed by atoms with Crippen molar-refractivity contribution in [2.75, 3.05) is 33.2 Å². The molecule has 0 atom stereocenters. The van der Waals surface area contributed by atoms with Gasteiger partial charge in [-0.05, 0) is 13.5 Å². The van der Waals surface area contributed by atoms with Crippen molar-refractivity contribution in [3.63, 3.8) is 0 Å². The Kier molecular flexibility index (Phi) is 2.90. The number of amides is 2. The molecule has 0 aromatic rings. The fraction of sp³-hybridized carbons (Fsp3) is 0.800. The van der Waals surface area contributed by atoms with E-state index in [1.165, 1.54) is 0 Å². The Hall–Kier alpha value is -1.10. The molecular weight excluding hydrogens is 194 g/mol. The van der Waals surface area contributed by atoms with E-state index in [1.807, 2.05) is 4.90 Å². The van der Waals surface area contributed by atoms with Gasteiger partial charge in [-0.1, -0.05) is 0 Å². The highest BCUT2D eigenvalue weighted by Gasteiger charge is 2.38. The predicted octanol–water partition coefficient (Wildman–Crippen LogP) is -0.961. The zero-order chi connectivity index (χ0) is 10.8. The molecule has 0 bridgehead atoms. The van der Waals surface area contributed by atoms with Gasteiger partial charge < -0.3 is 15.1 Å². The molecule has 2 saturated heterocycles. The van der Waals surface area contributed by atoms with Crippen molar-refractivity contribution in [1.29, 1.82) is 0 Å². The van der Waals surface area contributed by atoms with Gasteiger partial charge in [0.05, 0.1) is 12.6 Å². The standard InChI is InChI=1S/C10H17N3O2/c1-11-5-10(15)12-6-8(7-12)13-4-2-3-9(13)14/h8,11H,2-7H2,1H3. The van der Waals surface area contributed by atoms with Crippen LogP contribution in [0.25, 0.3) is 0 Å². The normalized spacial score (nSPS) is 22.1. The molecule has 1 N–H and O–H groups in total. The molecule has 2 aliphatic heterocycles. The Morgan fingerprint density at radius 2 is 2.27 bits per heavy atom. The van der Waals surface area contributed by atoms with E-state index in [9.17, 15) is 9.59 Å². The Bertz CT molecular complexity index is 274. The van der Waals surface area contributed by atoms with Crippen molar-refractivity contribution in [3.8, 4) is 0 Å². The van der Waals surface area contributed by atoms with Gasteiger partial charge in [0.2, 0.25) is 11.8 Å². The Morgan fingerprint density at radius 1 is 1.53 bits per heavy atom. The smallest absolute Gasteiger partial charge is 0.236 e. The SMILES string of the molecule is CNCC(=O)N1CC(N2CCCC2=O)C1. The van der Waals surface area contributed by atoms with Crippen molar-refractivity contribution in [1.82, 2.24) is 15.1 Å². The van der Waals surface area contributed by atoms with Crippen LogP contribution in [0.4, 0.5) is 0 Å². The third-order valence-corrected chi connectivity index (χ3v) is 3.09. The molecule has 0 radical (unpaired) electrons. The van der Waals surface area contributed by atoms with Crippen molar-refractivity contribution in [3.05, 3.63) is 0 Å². The Morgan fingerprint density at radius 3 is 2.80 bits per heavy atom. The zero-order valence-electron chi connectivity index (χ0n) is 9.03. The fourth-order valence-electron chi connectivity index (χ4n) is 2.17. The summed E-state index contributed by atoms with van der Waals surface area (Å²) in [5, 5.41) is 2.84. The summed E-state index contributed by atoms with van der Waals surface area (Å²) in [6.07, 6.45) is 1.65. The summed E-state index contributed by atoms with van der Waals surface area (Å²) >= 11 is 0. The van der Waals surface area contributed by atoms with Crippen LogP contribution in [0.5, 0.6) is 0 Å². The monoisotopic (exact) mass is 211 g/mol. The lowest BCUT2D eigenvalue weighted by Crippen LogP contribution is -2.62. The van der Waals surface area contributed by atoms with Crippen LogP contribution in [0.3, 0.4) is 0 Å². The topological polar surface area (TPSA) is 52.7 Å². The van der Waals surface area contributed by atoms with Gasteiger partial charge in [0.25, 0.3) is 0 Å². The third kappa shape index (κ3) is 1.97. The molecule has 5 nitrogen and oxygen atoms in total. The summed E-state index contributed by atoms with van der Waals surface area (Å²) in [4.78, 5) is 26.6. The van der Waals surface area contributed by atoms with Gasteiger partial charge in [-0.3, -0.25) is 9.59 Å². The maximum absolute atomic E-state index is 11.4. The number of nitrogens with zero attached hydrogens (tertiary/aromatic N) is 2. The Labute approximate surface area is 89.4 Å². The third-order valence-electron chi connectivity index (χ3n) is 3.09. The van der Waals surface area contributed by atoms with E-state index < -0.39 is 0 Å². The summed E-state index contributed by atoms with van der Waals surface area (Å²) in [5.74, 6) is 0.376. The van der Waals surface area contributed by atoms with Gasteiger partial charge >= 0.3 is 0 Å². The minimum atomic E-state index is 0.125. The first-order valence-corrected chi connectivity index (χ1v) is 5.44. The van der Waals surface area contributed by atoms with E-state index in [-0.39, 0.29) is 17.9 Å². The van der Waals surface area contributed by atoms with Crippen LogP contribution in [-0.2, 0) is 9.59 Å². The van der Waals surface area contributed by atoms with E-state index in [2.05, 4.69) is 5.32 Å². The first kappa shape index (κ1) is 10.4. The van der Waals surface area contributed by atoms with Gasteiger partial charge in [-0.2, -0.15) is 0 Å². The van der Waals surface area contributed by atoms with Crippen LogP contribution in [-0.4, -0.2) is 60.9 Å². The van der Waals surface area contributed by atoms with Crippen molar-refractivity contribution in [2.45, 2.75) is 18.9 Å². The number of nitrogens with one attached hydrogen (secondary N) is 1. The minimum absolute atomic E-state index is 0.125. The maximum Gasteiger partial charge on any atom is 0.236 e. The van der Waals surface area contributed by atoms with Crippen LogP contribution in [0.1, 0.15) is 12.8 Å². The molecule has 0 spiro atoms. The lowest BCUT2D eigenvalue weighted by Gasteiger charge is -2.44. The summed E-state index contributed by atoms with van der Waals surface area (Å²) in [6.45, 7) is 2.69. The van der Waals surface area contributed by atoms with Gasteiger partial charge in [0, 0.05) is 26.1 Å². The maximum atomic E-state index is 11.4. The van der Waals surface area contributed by atoms with Crippen LogP contribution < -0.4 is 5.32 Å². The van der Waals surface area contributed by atoms with Gasteiger partial charge in [0.1, 0.15) is 0 Å². The molecule has 2 fully saturated rings. The van der Waals surface area contributed by atoms with E-state index in [1.54, 1.807) is 11.9 Å². The van der Waals surface area contributed by atoms with Gasteiger partial charge in [0.15, 0.2) is 0 Å². The summed E-state index contributed by atoms with van der Waals surface area (Å²) in [5.41, 5.74) is 0. The first-order valence-electron chi connectivity index (χ1n) is 5.44. The summed E-state index contributed by atoms with van der Waals surface area (Å²) in [6, 6.07) is 0.279. The predicted molar refractivity (Wildman–Crippen MR) is 55.2 cm³/mol. The number of likely N-dealkylation sites (N-methyl/N-ethyl adjacent to an activating group) is 1. The minimum Gasteiger partial charge on any atom is -0.337 e. The molecule has 84 valence electrons. The molecular formula is C10H17N3O2. The number of hydrogen-bond acceptors (Lipinski definition) is 3. The number of hydrogen-bond donors (Lipinski definition) is 1. The molecule has 2 heterocycles. The average Bonchev–Trinajstić information content (AvgIpc) is 2.50. The van der Waals surface area contributed by atoms with E-state index in [0.717, 1.165) is 13.0 Å². The molecule has 0 aromatic heterocycles. The molecule has 0 aliphatic carbocycles. The van der Waals surface area contributed by atoms with Gasteiger partial charge in [-0.15, -0.1) is 0 Å². The fourth-order valence-corrected chi connectivity index (χ4v) is 2.17. The molecule has 15 heavy (non-hydrogen) atoms. The zero-order valence-corrected chi connectivity index (χ0v) is 9.03. The van der Waals surface area contributed by atoms with Gasteiger partial charge in [-0.25, -0.2) is 0 Å². The van der Waals surface area contributed by atoms with Crippen molar-refractivity contribution >= 4 is 11.8 Å². The number of rotatable bonds is 3. The molecule has 2 aliphatic rings. The molecule has 2 amide bonds. The second kappa shape index (κ2) is 4.18. The highest BCUT2D eigenvalue weighted by Crippen LogP contribution is 2.20. The van der Waals surface area contributed by atoms with E-state index >= 15 is 0 Å². The average molecular weight is 211 g/mol. The summed E-state index contributed by atoms with van der Waals surface area (Å²) < 4.78 is 0. The number of carbonyl (C=O) groups excluding carboxylic acids is 2. The van der Waals surface area contributed by atoms with Crippen molar-refractivity contribution < 1.29 is 9.59 Å². The van der Waals surface area contributed by atoms with E-state index in [4.69, 9.17) is 0 Å². The highest BCUT2D eigenvalue weighted by atomic mass is 16.2. The molecule has 0 unspecified atom stereocenters. The quantitative estimate of drug-likeness (QED) is 0.654.